The molecule has 0 saturated heterocycles. The monoisotopic (exact) mass is 288 g/mol. The van der Waals surface area contributed by atoms with Gasteiger partial charge in [-0.2, -0.15) is 8.42 Å². The van der Waals surface area contributed by atoms with Gasteiger partial charge < -0.3 is 1.43 Å². The van der Waals surface area contributed by atoms with Gasteiger partial charge in [-0.25, -0.2) is 0 Å². The molecule has 5 heteroatoms. The van der Waals surface area contributed by atoms with Crippen LogP contribution >= 0.6 is 0 Å². The third-order valence-electron chi connectivity index (χ3n) is 3.22. The van der Waals surface area contributed by atoms with Crippen molar-refractivity contribution in [3.8, 4) is 0 Å². The number of hydrogen-bond donors (Lipinski definition) is 1. The normalized spacial score (nSPS) is 13.1. The van der Waals surface area contributed by atoms with Crippen molar-refractivity contribution in [1.82, 2.24) is 0 Å². The van der Waals surface area contributed by atoms with Crippen LogP contribution in [-0.4, -0.2) is 18.2 Å². The van der Waals surface area contributed by atoms with E-state index < -0.39 is 15.4 Å². The SMILES string of the molecule is CCCCCCCCCCCC(C)S(=O)(=O)O.[H-].[Na+]. The van der Waals surface area contributed by atoms with Crippen molar-refractivity contribution < 1.29 is 44.0 Å². The van der Waals surface area contributed by atoms with E-state index >= 15 is 0 Å². The van der Waals surface area contributed by atoms with Crippen LogP contribution in [0.5, 0.6) is 0 Å². The van der Waals surface area contributed by atoms with Crippen molar-refractivity contribution in [1.29, 1.82) is 0 Å². The van der Waals surface area contributed by atoms with Crippen molar-refractivity contribution >= 4 is 10.1 Å². The summed E-state index contributed by atoms with van der Waals surface area (Å²) < 4.78 is 30.3. The predicted octanol–water partition coefficient (Wildman–Crippen LogP) is 1.30. The van der Waals surface area contributed by atoms with E-state index in [9.17, 15) is 8.42 Å². The molecule has 1 atom stereocenters. The summed E-state index contributed by atoms with van der Waals surface area (Å²) in [7, 11) is -3.81. The summed E-state index contributed by atoms with van der Waals surface area (Å²) in [5, 5.41) is -0.605. The minimum atomic E-state index is -3.81. The summed E-state index contributed by atoms with van der Waals surface area (Å²) in [6.45, 7) is 3.79. The Balaban J connectivity index is -0.00000128. The molecule has 18 heavy (non-hydrogen) atoms. The van der Waals surface area contributed by atoms with E-state index in [0.29, 0.717) is 6.42 Å². The Morgan fingerprint density at radius 2 is 1.33 bits per heavy atom. The second-order valence-corrected chi connectivity index (χ2v) is 6.78. The molecule has 0 aliphatic carbocycles. The average molecular weight is 288 g/mol. The quantitative estimate of drug-likeness (QED) is 0.354. The van der Waals surface area contributed by atoms with E-state index in [2.05, 4.69) is 6.92 Å². The van der Waals surface area contributed by atoms with Crippen molar-refractivity contribution in [3.63, 3.8) is 0 Å². The Hall–Kier alpha value is 0.910. The van der Waals surface area contributed by atoms with E-state index in [0.717, 1.165) is 12.8 Å². The first-order chi connectivity index (χ1) is 7.98. The molecule has 106 valence electrons. The van der Waals surface area contributed by atoms with Crippen molar-refractivity contribution in [2.45, 2.75) is 83.3 Å². The fourth-order valence-electron chi connectivity index (χ4n) is 1.89. The molecule has 0 fully saturated rings. The Kier molecular flexibility index (Phi) is 15.2. The van der Waals surface area contributed by atoms with Gasteiger partial charge in [-0.05, 0) is 13.3 Å². The fourth-order valence-corrected chi connectivity index (χ4v) is 2.36. The Labute approximate surface area is 137 Å². The Morgan fingerprint density at radius 3 is 1.72 bits per heavy atom. The number of rotatable bonds is 11. The Morgan fingerprint density at radius 1 is 0.944 bits per heavy atom. The maximum absolute atomic E-state index is 10.8. The van der Waals surface area contributed by atoms with Crippen LogP contribution in [0.2, 0.25) is 0 Å². The molecule has 0 aromatic carbocycles. The maximum Gasteiger partial charge on any atom is 1.00 e. The van der Waals surface area contributed by atoms with Crippen LogP contribution in [0.1, 0.15) is 79.5 Å². The van der Waals surface area contributed by atoms with Crippen LogP contribution in [0, 0.1) is 0 Å². The van der Waals surface area contributed by atoms with Crippen molar-refractivity contribution in [3.05, 3.63) is 0 Å². The molecule has 3 nitrogen and oxygen atoms in total. The maximum atomic E-state index is 10.8. The topological polar surface area (TPSA) is 54.4 Å². The van der Waals surface area contributed by atoms with Gasteiger partial charge in [-0.1, -0.05) is 64.7 Å². The molecule has 0 saturated carbocycles. The second kappa shape index (κ2) is 12.9. The molecule has 0 aliphatic rings. The standard InChI is InChI=1S/C13H28O3S.Na.H/c1-3-4-5-6-7-8-9-10-11-12-13(2)17(14,15)16;;/h13H,3-12H2,1-2H3,(H,14,15,16);;/q;+1;-1. The summed E-state index contributed by atoms with van der Waals surface area (Å²) in [4.78, 5) is 0. The third kappa shape index (κ3) is 13.3. The van der Waals surface area contributed by atoms with Gasteiger partial charge in [0, 0.05) is 0 Å². The zero-order valence-electron chi connectivity index (χ0n) is 13.3. The predicted molar refractivity (Wildman–Crippen MR) is 74.0 cm³/mol. The number of unbranched alkanes of at least 4 members (excludes halogenated alkanes) is 8. The minimum Gasteiger partial charge on any atom is -1.00 e. The van der Waals surface area contributed by atoms with E-state index in [1.54, 1.807) is 6.92 Å². The van der Waals surface area contributed by atoms with Crippen LogP contribution in [0.4, 0.5) is 0 Å². The summed E-state index contributed by atoms with van der Waals surface area (Å²) in [6, 6.07) is 0. The van der Waals surface area contributed by atoms with Crippen LogP contribution in [-0.2, 0) is 10.1 Å². The molecular formula is C13H29NaO3S. The number of hydrogen-bond acceptors (Lipinski definition) is 2. The molecular weight excluding hydrogens is 259 g/mol. The molecule has 0 heterocycles. The Bertz CT molecular complexity index is 271. The van der Waals surface area contributed by atoms with E-state index in [-0.39, 0.29) is 31.0 Å². The van der Waals surface area contributed by atoms with Gasteiger partial charge >= 0.3 is 29.6 Å². The average Bonchev–Trinajstić information content (AvgIpc) is 2.25. The minimum absolute atomic E-state index is 0. The van der Waals surface area contributed by atoms with Gasteiger partial charge in [-0.3, -0.25) is 4.55 Å². The fraction of sp³-hybridized carbons (Fsp3) is 1.00. The van der Waals surface area contributed by atoms with E-state index in [4.69, 9.17) is 4.55 Å². The van der Waals surface area contributed by atoms with Gasteiger partial charge in [0.05, 0.1) is 5.25 Å². The first-order valence-corrected chi connectivity index (χ1v) is 8.45. The smallest absolute Gasteiger partial charge is 1.00 e. The summed E-state index contributed by atoms with van der Waals surface area (Å²) in [5.41, 5.74) is 0. The van der Waals surface area contributed by atoms with Gasteiger partial charge in [-0.15, -0.1) is 0 Å². The van der Waals surface area contributed by atoms with Crippen molar-refractivity contribution in [2.24, 2.45) is 0 Å². The first kappa shape index (κ1) is 21.2. The molecule has 0 rings (SSSR count). The third-order valence-corrected chi connectivity index (χ3v) is 4.48. The molecule has 0 aliphatic heterocycles. The van der Waals surface area contributed by atoms with E-state index in [1.165, 1.54) is 44.9 Å². The molecule has 0 aromatic rings. The first-order valence-electron chi connectivity index (χ1n) is 6.94. The van der Waals surface area contributed by atoms with E-state index in [1.807, 2.05) is 0 Å². The van der Waals surface area contributed by atoms with Crippen LogP contribution < -0.4 is 29.6 Å². The molecule has 0 amide bonds. The summed E-state index contributed by atoms with van der Waals surface area (Å²) >= 11 is 0. The molecule has 0 aromatic heterocycles. The van der Waals surface area contributed by atoms with Crippen LogP contribution in [0.3, 0.4) is 0 Å². The molecule has 0 bridgehead atoms. The zero-order valence-corrected chi connectivity index (χ0v) is 15.1. The largest absolute Gasteiger partial charge is 1.00 e. The van der Waals surface area contributed by atoms with Gasteiger partial charge in [0.25, 0.3) is 10.1 Å². The molecule has 1 unspecified atom stereocenters. The zero-order chi connectivity index (χ0) is 13.1. The molecule has 0 spiro atoms. The summed E-state index contributed by atoms with van der Waals surface area (Å²) in [5.74, 6) is 0. The van der Waals surface area contributed by atoms with Crippen LogP contribution in [0.25, 0.3) is 0 Å². The molecule has 1 N–H and O–H groups in total. The van der Waals surface area contributed by atoms with Gasteiger partial charge in [0.15, 0.2) is 0 Å². The molecule has 0 radical (unpaired) electrons. The second-order valence-electron chi connectivity index (χ2n) is 4.94. The summed E-state index contributed by atoms with van der Waals surface area (Å²) in [6.07, 6.45) is 11.6. The van der Waals surface area contributed by atoms with Crippen LogP contribution in [0.15, 0.2) is 0 Å². The van der Waals surface area contributed by atoms with Gasteiger partial charge in [0.1, 0.15) is 0 Å². The van der Waals surface area contributed by atoms with Crippen molar-refractivity contribution in [2.75, 3.05) is 0 Å². The van der Waals surface area contributed by atoms with Gasteiger partial charge in [0.2, 0.25) is 0 Å².